The SMILES string of the molecule is O=P(C#Cc1cc(C#CP(=O)(c2ccccc2)c2ccccc2)cc(C#CP(=O)(c2ccccc2)c2ccccc2)c1)(c1ccccc1)c1ccccc1. The predicted molar refractivity (Wildman–Crippen MR) is 226 cm³/mol. The van der Waals surface area contributed by atoms with Crippen LogP contribution in [0.2, 0.25) is 0 Å². The summed E-state index contributed by atoms with van der Waals surface area (Å²) >= 11 is 0. The summed E-state index contributed by atoms with van der Waals surface area (Å²) in [5.41, 5.74) is 11.0. The number of hydrogen-bond acceptors (Lipinski definition) is 3. The van der Waals surface area contributed by atoms with Crippen molar-refractivity contribution in [2.75, 3.05) is 0 Å². The maximum Gasteiger partial charge on any atom is 0.211 e. The molecule has 7 aromatic carbocycles. The molecule has 54 heavy (non-hydrogen) atoms. The molecule has 0 unspecified atom stereocenters. The molecule has 258 valence electrons. The Morgan fingerprint density at radius 1 is 0.259 bits per heavy atom. The molecule has 6 heteroatoms. The van der Waals surface area contributed by atoms with Crippen LogP contribution >= 0.6 is 21.4 Å². The topological polar surface area (TPSA) is 51.2 Å². The molecular weight excluding hydrogens is 717 g/mol. The van der Waals surface area contributed by atoms with E-state index in [0.29, 0.717) is 48.5 Å². The molecule has 0 atom stereocenters. The second-order valence-electron chi connectivity index (χ2n) is 12.4. The monoisotopic (exact) mass is 750 g/mol. The Morgan fingerprint density at radius 3 is 0.593 bits per heavy atom. The van der Waals surface area contributed by atoms with E-state index in [4.69, 9.17) is 0 Å². The van der Waals surface area contributed by atoms with Crippen LogP contribution in [0.25, 0.3) is 0 Å². The first-order valence-electron chi connectivity index (χ1n) is 17.3. The maximum absolute atomic E-state index is 14.8. The molecule has 0 heterocycles. The Labute approximate surface area is 317 Å². The van der Waals surface area contributed by atoms with Crippen LogP contribution < -0.4 is 31.8 Å². The fourth-order valence-corrected chi connectivity index (χ4v) is 12.0. The lowest BCUT2D eigenvalue weighted by atomic mass is 10.1. The van der Waals surface area contributed by atoms with Crippen molar-refractivity contribution in [3.05, 3.63) is 217 Å². The first-order chi connectivity index (χ1) is 26.4. The van der Waals surface area contributed by atoms with E-state index < -0.39 is 21.4 Å². The first kappa shape index (κ1) is 36.3. The van der Waals surface area contributed by atoms with Crippen LogP contribution in [-0.4, -0.2) is 0 Å². The minimum Gasteiger partial charge on any atom is -0.300 e. The molecule has 0 fully saturated rings. The molecule has 0 aliphatic rings. The van der Waals surface area contributed by atoms with Crippen molar-refractivity contribution in [3.8, 4) is 34.7 Å². The van der Waals surface area contributed by atoms with Crippen LogP contribution in [0.5, 0.6) is 0 Å². The van der Waals surface area contributed by atoms with E-state index in [-0.39, 0.29) is 0 Å². The van der Waals surface area contributed by atoms with Crippen LogP contribution in [0, 0.1) is 34.7 Å². The molecule has 0 N–H and O–H groups in total. The summed E-state index contributed by atoms with van der Waals surface area (Å²) in [5.74, 6) is 9.59. The molecule has 7 aromatic rings. The highest BCUT2D eigenvalue weighted by molar-refractivity contribution is 7.84. The Morgan fingerprint density at radius 2 is 0.426 bits per heavy atom. The average molecular weight is 751 g/mol. The fourth-order valence-electron chi connectivity index (χ4n) is 5.94. The summed E-state index contributed by atoms with van der Waals surface area (Å²) < 4.78 is 44.4. The second kappa shape index (κ2) is 16.3. The number of rotatable bonds is 6. The van der Waals surface area contributed by atoms with E-state index in [1.54, 1.807) is 18.2 Å². The van der Waals surface area contributed by atoms with Crippen molar-refractivity contribution in [3.63, 3.8) is 0 Å². The molecule has 0 aliphatic heterocycles. The van der Waals surface area contributed by atoms with Gasteiger partial charge in [0.15, 0.2) is 0 Å². The van der Waals surface area contributed by atoms with Gasteiger partial charge in [0.1, 0.15) is 0 Å². The summed E-state index contributed by atoms with van der Waals surface area (Å²) in [4.78, 5) is 0. The Kier molecular flexibility index (Phi) is 10.9. The van der Waals surface area contributed by atoms with Crippen LogP contribution in [0.3, 0.4) is 0 Å². The molecule has 0 saturated heterocycles. The lowest BCUT2D eigenvalue weighted by Crippen LogP contribution is -2.14. The van der Waals surface area contributed by atoms with Gasteiger partial charge < -0.3 is 0 Å². The van der Waals surface area contributed by atoms with Gasteiger partial charge >= 0.3 is 0 Å². The van der Waals surface area contributed by atoms with Gasteiger partial charge in [0.25, 0.3) is 0 Å². The summed E-state index contributed by atoms with van der Waals surface area (Å²) in [6.45, 7) is 0. The highest BCUT2D eigenvalue weighted by atomic mass is 31.2. The van der Waals surface area contributed by atoms with Crippen molar-refractivity contribution < 1.29 is 13.7 Å². The van der Waals surface area contributed by atoms with Gasteiger partial charge in [0.05, 0.1) is 0 Å². The molecule has 0 bridgehead atoms. The summed E-state index contributed by atoms with van der Waals surface area (Å²) in [6, 6.07) is 60.9. The van der Waals surface area contributed by atoms with Crippen molar-refractivity contribution >= 4 is 53.3 Å². The van der Waals surface area contributed by atoms with Gasteiger partial charge in [-0.2, -0.15) is 0 Å². The van der Waals surface area contributed by atoms with E-state index in [0.717, 1.165) is 0 Å². The molecule has 0 spiro atoms. The standard InChI is InChI=1S/C48H33O3P3/c49-52(43-19-7-1-8-20-43,44-21-9-2-10-22-44)34-31-40-37-41(32-35-53(50,45-23-11-3-12-24-45)46-25-13-4-14-26-46)39-42(38-40)33-36-54(51,47-27-15-5-16-28-47)48-29-17-6-18-30-48/h1-30,37-39H. The largest absolute Gasteiger partial charge is 0.300 e. The van der Waals surface area contributed by atoms with Gasteiger partial charge in [0.2, 0.25) is 21.4 Å². The van der Waals surface area contributed by atoms with Gasteiger partial charge in [-0.25, -0.2) is 0 Å². The number of hydrogen-bond donors (Lipinski definition) is 0. The normalized spacial score (nSPS) is 11.1. The van der Waals surface area contributed by atoms with Gasteiger partial charge in [0, 0.05) is 48.5 Å². The minimum absolute atomic E-state index is 0.515. The van der Waals surface area contributed by atoms with E-state index >= 15 is 0 Å². The zero-order valence-electron chi connectivity index (χ0n) is 29.1. The molecule has 7 rings (SSSR count). The van der Waals surface area contributed by atoms with Gasteiger partial charge in [-0.1, -0.05) is 200 Å². The second-order valence-corrected chi connectivity index (χ2v) is 19.8. The molecular formula is C48H33O3P3. The van der Waals surface area contributed by atoms with Gasteiger partial charge in [-0.3, -0.25) is 13.7 Å². The van der Waals surface area contributed by atoms with E-state index in [1.165, 1.54) is 0 Å². The third-order valence-electron chi connectivity index (χ3n) is 8.72. The highest BCUT2D eigenvalue weighted by Crippen LogP contribution is 2.44. The molecule has 0 radical (unpaired) electrons. The predicted octanol–water partition coefficient (Wildman–Crippen LogP) is 8.66. The van der Waals surface area contributed by atoms with Crippen molar-refractivity contribution in [2.45, 2.75) is 0 Å². The third-order valence-corrected chi connectivity index (χ3v) is 16.2. The van der Waals surface area contributed by atoms with Crippen LogP contribution in [0.4, 0.5) is 0 Å². The maximum atomic E-state index is 14.8. The van der Waals surface area contributed by atoms with E-state index in [9.17, 15) is 13.7 Å². The third kappa shape index (κ3) is 7.95. The smallest absolute Gasteiger partial charge is 0.211 e. The lowest BCUT2D eigenvalue weighted by Gasteiger charge is -2.13. The van der Waals surface area contributed by atoms with Gasteiger partial charge in [-0.15, -0.1) is 0 Å². The van der Waals surface area contributed by atoms with Crippen LogP contribution in [-0.2, 0) is 13.7 Å². The Bertz CT molecular complexity index is 2290. The molecule has 0 aromatic heterocycles. The molecule has 0 saturated carbocycles. The first-order valence-corrected chi connectivity index (χ1v) is 22.4. The number of benzene rings is 7. The van der Waals surface area contributed by atoms with Crippen molar-refractivity contribution in [2.24, 2.45) is 0 Å². The van der Waals surface area contributed by atoms with E-state index in [1.807, 2.05) is 182 Å². The zero-order valence-corrected chi connectivity index (χ0v) is 31.8. The summed E-state index contributed by atoms with van der Waals surface area (Å²) in [5, 5.41) is 3.74. The highest BCUT2D eigenvalue weighted by Gasteiger charge is 2.27. The summed E-state index contributed by atoms with van der Waals surface area (Å²) in [7, 11) is -10.2. The molecule has 0 amide bonds. The van der Waals surface area contributed by atoms with Crippen molar-refractivity contribution in [1.82, 2.24) is 0 Å². The zero-order chi connectivity index (χ0) is 37.3. The summed E-state index contributed by atoms with van der Waals surface area (Å²) in [6.07, 6.45) is 0. The lowest BCUT2D eigenvalue weighted by molar-refractivity contribution is 0.592. The Balaban J connectivity index is 1.41. The van der Waals surface area contributed by atoms with Crippen LogP contribution in [0.15, 0.2) is 200 Å². The van der Waals surface area contributed by atoms with Crippen molar-refractivity contribution in [1.29, 1.82) is 0 Å². The molecule has 0 aliphatic carbocycles. The Hall–Kier alpha value is -6.09. The fraction of sp³-hybridized carbons (Fsp3) is 0. The van der Waals surface area contributed by atoms with Gasteiger partial charge in [-0.05, 0) is 35.2 Å². The minimum atomic E-state index is -3.39. The van der Waals surface area contributed by atoms with E-state index in [2.05, 4.69) is 34.7 Å². The average Bonchev–Trinajstić information content (AvgIpc) is 3.25. The van der Waals surface area contributed by atoms with Crippen LogP contribution in [0.1, 0.15) is 16.7 Å². The molecule has 3 nitrogen and oxygen atoms in total. The quantitative estimate of drug-likeness (QED) is 0.126.